The molecule has 166 valence electrons. The first-order valence-electron chi connectivity index (χ1n) is 12.9. The fraction of sp³-hybridized carbons (Fsp3) is 0.0909. The van der Waals surface area contributed by atoms with Gasteiger partial charge in [-0.05, 0) is 86.8 Å². The molecule has 0 radical (unpaired) electrons. The summed E-state index contributed by atoms with van der Waals surface area (Å²) >= 11 is 0. The molecule has 0 spiro atoms. The second-order valence-corrected chi connectivity index (χ2v) is 10.8. The summed E-state index contributed by atoms with van der Waals surface area (Å²) in [6.45, 7) is 0.151. The second-order valence-electron chi connectivity index (χ2n) is 10.8. The summed E-state index contributed by atoms with van der Waals surface area (Å²) < 4.78 is 13.8. The van der Waals surface area contributed by atoms with Gasteiger partial charge in [0.1, 0.15) is 23.0 Å². The molecule has 3 aliphatic heterocycles. The van der Waals surface area contributed by atoms with Gasteiger partial charge in [-0.1, -0.05) is 66.7 Å². The Balaban J connectivity index is 1.36. The van der Waals surface area contributed by atoms with Crippen molar-refractivity contribution in [2.24, 2.45) is 0 Å². The van der Waals surface area contributed by atoms with Gasteiger partial charge in [0.25, 0.3) is 6.71 Å². The van der Waals surface area contributed by atoms with Crippen LogP contribution in [-0.2, 0) is 19.3 Å². The van der Waals surface area contributed by atoms with E-state index in [1.165, 1.54) is 72.0 Å². The molecule has 5 aromatic rings. The molecule has 0 saturated heterocycles. The summed E-state index contributed by atoms with van der Waals surface area (Å²) in [7, 11) is 0. The predicted molar refractivity (Wildman–Crippen MR) is 143 cm³/mol. The lowest BCUT2D eigenvalue weighted by Crippen LogP contribution is -2.61. The number of hydrogen-bond acceptors (Lipinski definition) is 2. The van der Waals surface area contributed by atoms with Crippen LogP contribution in [0, 0.1) is 0 Å². The van der Waals surface area contributed by atoms with Gasteiger partial charge < -0.3 is 9.47 Å². The summed E-state index contributed by atoms with van der Waals surface area (Å²) in [6, 6.07) is 29.0. The Hall–Kier alpha value is -4.24. The Kier molecular flexibility index (Phi) is 2.98. The molecule has 0 bridgehead atoms. The van der Waals surface area contributed by atoms with E-state index < -0.39 is 0 Å². The van der Waals surface area contributed by atoms with Gasteiger partial charge in [-0.2, -0.15) is 0 Å². The minimum atomic E-state index is 0.151. The van der Waals surface area contributed by atoms with E-state index >= 15 is 0 Å². The SMILES string of the molecule is c1ccc2c(c1)Cc1cc3c4c(c1-2)Oc1c2c(cc5c1-c1ccccc1C5)Oc1cccc(c1B42)C3. The molecule has 0 unspecified atom stereocenters. The molecule has 10 rings (SSSR count). The molecular formula is C33H19BO2. The third-order valence-electron chi connectivity index (χ3n) is 9.01. The summed E-state index contributed by atoms with van der Waals surface area (Å²) in [5, 5.41) is 0. The molecule has 3 heterocycles. The van der Waals surface area contributed by atoms with Crippen LogP contribution in [0.2, 0.25) is 0 Å². The Morgan fingerprint density at radius 3 is 1.89 bits per heavy atom. The predicted octanol–water partition coefficient (Wildman–Crippen LogP) is 5.46. The smallest absolute Gasteiger partial charge is 0.261 e. The summed E-state index contributed by atoms with van der Waals surface area (Å²) in [5.74, 6) is 4.06. The van der Waals surface area contributed by atoms with Gasteiger partial charge in [0, 0.05) is 16.6 Å². The Labute approximate surface area is 209 Å². The van der Waals surface area contributed by atoms with Crippen molar-refractivity contribution in [1.82, 2.24) is 0 Å². The molecule has 3 heteroatoms. The van der Waals surface area contributed by atoms with Gasteiger partial charge in [-0.15, -0.1) is 0 Å². The van der Waals surface area contributed by atoms with Gasteiger partial charge in [0.05, 0.1) is 0 Å². The Morgan fingerprint density at radius 1 is 0.472 bits per heavy atom. The van der Waals surface area contributed by atoms with Gasteiger partial charge in [0.2, 0.25) is 0 Å². The number of hydrogen-bond donors (Lipinski definition) is 0. The minimum absolute atomic E-state index is 0.151. The minimum Gasteiger partial charge on any atom is -0.458 e. The maximum Gasteiger partial charge on any atom is 0.261 e. The zero-order valence-corrected chi connectivity index (χ0v) is 19.5. The highest BCUT2D eigenvalue weighted by Gasteiger charge is 2.48. The lowest BCUT2D eigenvalue weighted by atomic mass is 9.31. The highest BCUT2D eigenvalue weighted by atomic mass is 16.5. The molecule has 0 aromatic heterocycles. The van der Waals surface area contributed by atoms with Gasteiger partial charge in [0.15, 0.2) is 0 Å². The molecule has 5 aromatic carbocycles. The van der Waals surface area contributed by atoms with E-state index in [1.54, 1.807) is 0 Å². The highest BCUT2D eigenvalue weighted by Crippen LogP contribution is 2.52. The highest BCUT2D eigenvalue weighted by molar-refractivity contribution is 6.99. The number of rotatable bonds is 0. The largest absolute Gasteiger partial charge is 0.458 e. The normalized spacial score (nSPS) is 15.3. The van der Waals surface area contributed by atoms with Crippen molar-refractivity contribution >= 4 is 23.1 Å². The van der Waals surface area contributed by atoms with Crippen molar-refractivity contribution in [2.45, 2.75) is 19.3 Å². The van der Waals surface area contributed by atoms with Crippen molar-refractivity contribution < 1.29 is 9.47 Å². The number of fused-ring (bicyclic) bond motifs is 8. The monoisotopic (exact) mass is 458 g/mol. The number of ether oxygens (including phenoxy) is 2. The molecule has 0 amide bonds. The van der Waals surface area contributed by atoms with Gasteiger partial charge >= 0.3 is 0 Å². The van der Waals surface area contributed by atoms with E-state index in [-0.39, 0.29) is 6.71 Å². The van der Waals surface area contributed by atoms with Crippen LogP contribution in [0.5, 0.6) is 23.0 Å². The molecule has 0 N–H and O–H groups in total. The zero-order valence-electron chi connectivity index (χ0n) is 19.5. The van der Waals surface area contributed by atoms with Gasteiger partial charge in [-0.3, -0.25) is 0 Å². The van der Waals surface area contributed by atoms with Crippen molar-refractivity contribution in [1.29, 1.82) is 0 Å². The molecule has 0 saturated carbocycles. The fourth-order valence-electron chi connectivity index (χ4n) is 7.66. The van der Waals surface area contributed by atoms with Crippen molar-refractivity contribution in [3.05, 3.63) is 112 Å². The Morgan fingerprint density at radius 2 is 1.11 bits per heavy atom. The van der Waals surface area contributed by atoms with E-state index in [0.29, 0.717) is 0 Å². The van der Waals surface area contributed by atoms with Crippen molar-refractivity contribution in [2.75, 3.05) is 0 Å². The molecule has 2 aliphatic carbocycles. The first kappa shape index (κ1) is 18.1. The number of benzene rings is 5. The van der Waals surface area contributed by atoms with Crippen LogP contribution in [0.3, 0.4) is 0 Å². The lowest BCUT2D eigenvalue weighted by Gasteiger charge is -2.39. The van der Waals surface area contributed by atoms with E-state index in [9.17, 15) is 0 Å². The Bertz CT molecular complexity index is 1750. The fourth-order valence-corrected chi connectivity index (χ4v) is 7.66. The molecule has 5 aliphatic rings. The molecule has 0 atom stereocenters. The van der Waals surface area contributed by atoms with Crippen LogP contribution >= 0.6 is 0 Å². The second kappa shape index (κ2) is 5.94. The average molecular weight is 458 g/mol. The maximum absolute atomic E-state index is 7.17. The van der Waals surface area contributed by atoms with Crippen LogP contribution in [0.4, 0.5) is 0 Å². The summed E-state index contributed by atoms with van der Waals surface area (Å²) in [4.78, 5) is 0. The van der Waals surface area contributed by atoms with Crippen LogP contribution < -0.4 is 25.9 Å². The first-order chi connectivity index (χ1) is 17.8. The topological polar surface area (TPSA) is 18.5 Å². The van der Waals surface area contributed by atoms with Crippen LogP contribution in [-0.4, -0.2) is 6.71 Å². The molecular weight excluding hydrogens is 439 g/mol. The lowest BCUT2D eigenvalue weighted by molar-refractivity contribution is 0.464. The molecule has 36 heavy (non-hydrogen) atoms. The van der Waals surface area contributed by atoms with E-state index in [4.69, 9.17) is 9.47 Å². The van der Waals surface area contributed by atoms with Crippen LogP contribution in [0.1, 0.15) is 33.4 Å². The van der Waals surface area contributed by atoms with Crippen molar-refractivity contribution in [3.8, 4) is 45.3 Å². The van der Waals surface area contributed by atoms with Crippen LogP contribution in [0.25, 0.3) is 22.3 Å². The quantitative estimate of drug-likeness (QED) is 0.281. The van der Waals surface area contributed by atoms with Crippen LogP contribution in [0.15, 0.2) is 78.9 Å². The maximum atomic E-state index is 7.17. The van der Waals surface area contributed by atoms with Crippen molar-refractivity contribution in [3.63, 3.8) is 0 Å². The average Bonchev–Trinajstić information content (AvgIpc) is 3.46. The summed E-state index contributed by atoms with van der Waals surface area (Å²) in [5.41, 5.74) is 17.3. The third kappa shape index (κ3) is 1.97. The first-order valence-corrected chi connectivity index (χ1v) is 12.9. The molecule has 2 nitrogen and oxygen atoms in total. The third-order valence-corrected chi connectivity index (χ3v) is 9.01. The molecule has 0 fully saturated rings. The van der Waals surface area contributed by atoms with E-state index in [1.807, 2.05) is 0 Å². The zero-order chi connectivity index (χ0) is 23.1. The van der Waals surface area contributed by atoms with E-state index in [2.05, 4.69) is 78.9 Å². The standard InChI is InChI=1S/C33H19BO2/c1-3-9-23-17(6-1)12-20-15-22-14-19-8-5-11-25-29(19)34-30(22)32(27(20)23)36-33-28-21(16-26(35-25)31(33)34)13-18-7-2-4-10-24(18)28/h1-11,15-16H,12-14H2. The summed E-state index contributed by atoms with van der Waals surface area (Å²) in [6.07, 6.45) is 2.82. The van der Waals surface area contributed by atoms with Gasteiger partial charge in [-0.25, -0.2) is 0 Å². The van der Waals surface area contributed by atoms with E-state index in [0.717, 1.165) is 42.3 Å².